The summed E-state index contributed by atoms with van der Waals surface area (Å²) in [6.45, 7) is 0. The Balaban J connectivity index is 2.25. The normalized spacial score (nSPS) is 12.4. The van der Waals surface area contributed by atoms with Gasteiger partial charge in [0, 0.05) is 10.5 Å². The summed E-state index contributed by atoms with van der Waals surface area (Å²) in [5, 5.41) is 3.17. The van der Waals surface area contributed by atoms with Crippen molar-refractivity contribution >= 4 is 15.9 Å². The van der Waals surface area contributed by atoms with Crippen molar-refractivity contribution in [2.24, 2.45) is 0 Å². The van der Waals surface area contributed by atoms with Crippen LogP contribution in [-0.2, 0) is 6.42 Å². The Bertz CT molecular complexity index is 572. The Morgan fingerprint density at radius 1 is 1.11 bits per heavy atom. The largest absolute Gasteiger partial charge is 0.313 e. The monoisotopic (exact) mass is 325 g/mol. The van der Waals surface area contributed by atoms with Crippen LogP contribution >= 0.6 is 15.9 Å². The zero-order valence-electron chi connectivity index (χ0n) is 10.5. The van der Waals surface area contributed by atoms with Crippen molar-refractivity contribution in [2.75, 3.05) is 7.05 Å². The molecule has 0 saturated carbocycles. The highest BCUT2D eigenvalue weighted by atomic mass is 79.9. The molecular weight excluding hydrogens is 312 g/mol. The van der Waals surface area contributed by atoms with Gasteiger partial charge in [-0.3, -0.25) is 0 Å². The summed E-state index contributed by atoms with van der Waals surface area (Å²) in [5.41, 5.74) is 1.85. The maximum Gasteiger partial charge on any atom is 0.124 e. The molecule has 1 atom stereocenters. The molecule has 0 bridgehead atoms. The average molecular weight is 326 g/mol. The summed E-state index contributed by atoms with van der Waals surface area (Å²) in [4.78, 5) is 0. The molecular formula is C15H14BrF2N. The van der Waals surface area contributed by atoms with E-state index in [4.69, 9.17) is 0 Å². The minimum absolute atomic E-state index is 0.00299. The van der Waals surface area contributed by atoms with E-state index in [-0.39, 0.29) is 17.7 Å². The highest BCUT2D eigenvalue weighted by Gasteiger charge is 2.14. The van der Waals surface area contributed by atoms with Crippen LogP contribution in [0.25, 0.3) is 0 Å². The van der Waals surface area contributed by atoms with Crippen LogP contribution in [0.15, 0.2) is 46.9 Å². The fourth-order valence-electron chi connectivity index (χ4n) is 2.05. The molecule has 1 unspecified atom stereocenters. The van der Waals surface area contributed by atoms with Gasteiger partial charge in [0.15, 0.2) is 0 Å². The van der Waals surface area contributed by atoms with Gasteiger partial charge in [-0.1, -0.05) is 34.1 Å². The van der Waals surface area contributed by atoms with Gasteiger partial charge in [0.05, 0.1) is 0 Å². The van der Waals surface area contributed by atoms with Crippen LogP contribution in [0.3, 0.4) is 0 Å². The maximum absolute atomic E-state index is 13.2. The Morgan fingerprint density at radius 3 is 2.47 bits per heavy atom. The Hall–Kier alpha value is -1.26. The van der Waals surface area contributed by atoms with Crippen LogP contribution in [0.5, 0.6) is 0 Å². The molecule has 0 spiro atoms. The van der Waals surface area contributed by atoms with Crippen molar-refractivity contribution in [1.29, 1.82) is 0 Å². The summed E-state index contributed by atoms with van der Waals surface area (Å²) < 4.78 is 27.0. The summed E-state index contributed by atoms with van der Waals surface area (Å²) >= 11 is 3.36. The van der Waals surface area contributed by atoms with E-state index >= 15 is 0 Å². The van der Waals surface area contributed by atoms with Gasteiger partial charge in [0.1, 0.15) is 11.6 Å². The van der Waals surface area contributed by atoms with Crippen molar-refractivity contribution in [3.8, 4) is 0 Å². The third-order valence-electron chi connectivity index (χ3n) is 3.02. The molecule has 2 rings (SSSR count). The average Bonchev–Trinajstić information content (AvgIpc) is 2.37. The molecule has 0 amide bonds. The van der Waals surface area contributed by atoms with Gasteiger partial charge < -0.3 is 5.32 Å². The molecule has 0 saturated heterocycles. The van der Waals surface area contributed by atoms with E-state index in [0.717, 1.165) is 11.1 Å². The predicted octanol–water partition coefficient (Wildman–Crippen LogP) is 4.23. The van der Waals surface area contributed by atoms with Crippen LogP contribution in [0.4, 0.5) is 8.78 Å². The molecule has 1 N–H and O–H groups in total. The first-order chi connectivity index (χ1) is 9.10. The molecule has 2 aromatic rings. The number of hydrogen-bond donors (Lipinski definition) is 1. The van der Waals surface area contributed by atoms with Crippen LogP contribution in [0, 0.1) is 11.6 Å². The fraction of sp³-hybridized carbons (Fsp3) is 0.200. The SMILES string of the molecule is CNC(Cc1cccc(F)c1)c1ccc(F)cc1Br. The predicted molar refractivity (Wildman–Crippen MR) is 76.0 cm³/mol. The molecule has 1 nitrogen and oxygen atoms in total. The highest BCUT2D eigenvalue weighted by Crippen LogP contribution is 2.26. The molecule has 0 aliphatic carbocycles. The van der Waals surface area contributed by atoms with Crippen LogP contribution in [0.2, 0.25) is 0 Å². The second kappa shape index (κ2) is 6.26. The number of halogens is 3. The van der Waals surface area contributed by atoms with Crippen molar-refractivity contribution in [1.82, 2.24) is 5.32 Å². The fourth-order valence-corrected chi connectivity index (χ4v) is 2.68. The summed E-state index contributed by atoms with van der Waals surface area (Å²) in [5.74, 6) is -0.526. The molecule has 0 radical (unpaired) electrons. The topological polar surface area (TPSA) is 12.0 Å². The van der Waals surface area contributed by atoms with E-state index < -0.39 is 0 Å². The van der Waals surface area contributed by atoms with Crippen LogP contribution < -0.4 is 5.32 Å². The van der Waals surface area contributed by atoms with Crippen molar-refractivity contribution in [3.63, 3.8) is 0 Å². The van der Waals surface area contributed by atoms with Gasteiger partial charge in [-0.25, -0.2) is 8.78 Å². The van der Waals surface area contributed by atoms with Gasteiger partial charge in [-0.15, -0.1) is 0 Å². The molecule has 0 aliphatic rings. The quantitative estimate of drug-likeness (QED) is 0.887. The summed E-state index contributed by atoms with van der Waals surface area (Å²) in [6.07, 6.45) is 0.637. The van der Waals surface area contributed by atoms with Crippen molar-refractivity contribution in [2.45, 2.75) is 12.5 Å². The lowest BCUT2D eigenvalue weighted by atomic mass is 9.99. The second-order valence-corrected chi connectivity index (χ2v) is 5.20. The van der Waals surface area contributed by atoms with Gasteiger partial charge in [-0.2, -0.15) is 0 Å². The minimum Gasteiger partial charge on any atom is -0.313 e. The van der Waals surface area contributed by atoms with Gasteiger partial charge in [0.25, 0.3) is 0 Å². The van der Waals surface area contributed by atoms with Gasteiger partial charge in [-0.05, 0) is 48.9 Å². The molecule has 0 aromatic heterocycles. The first kappa shape index (κ1) is 14.2. The standard InChI is InChI=1S/C15H14BrF2N/c1-19-15(8-10-3-2-4-11(17)7-10)13-6-5-12(18)9-14(13)16/h2-7,9,15,19H,8H2,1H3. The van der Waals surface area contributed by atoms with E-state index in [1.54, 1.807) is 12.1 Å². The number of rotatable bonds is 4. The highest BCUT2D eigenvalue weighted by molar-refractivity contribution is 9.10. The number of benzene rings is 2. The smallest absolute Gasteiger partial charge is 0.124 e. The van der Waals surface area contributed by atoms with Crippen LogP contribution in [-0.4, -0.2) is 7.05 Å². The third kappa shape index (κ3) is 3.61. The van der Waals surface area contributed by atoms with Gasteiger partial charge >= 0.3 is 0 Å². The van der Waals surface area contributed by atoms with E-state index in [1.807, 2.05) is 13.1 Å². The summed E-state index contributed by atoms with van der Waals surface area (Å²) in [6, 6.07) is 11.1. The van der Waals surface area contributed by atoms with E-state index in [1.165, 1.54) is 24.3 Å². The van der Waals surface area contributed by atoms with Crippen molar-refractivity contribution in [3.05, 3.63) is 69.7 Å². The lowest BCUT2D eigenvalue weighted by Gasteiger charge is -2.18. The first-order valence-corrected chi connectivity index (χ1v) is 6.76. The van der Waals surface area contributed by atoms with Gasteiger partial charge in [0.2, 0.25) is 0 Å². The molecule has 0 fully saturated rings. The lowest BCUT2D eigenvalue weighted by Crippen LogP contribution is -2.19. The molecule has 0 aliphatic heterocycles. The second-order valence-electron chi connectivity index (χ2n) is 4.34. The van der Waals surface area contributed by atoms with Crippen molar-refractivity contribution < 1.29 is 8.78 Å². The molecule has 19 heavy (non-hydrogen) atoms. The maximum atomic E-state index is 13.2. The lowest BCUT2D eigenvalue weighted by molar-refractivity contribution is 0.577. The Kier molecular flexibility index (Phi) is 4.66. The van der Waals surface area contributed by atoms with E-state index in [9.17, 15) is 8.78 Å². The minimum atomic E-state index is -0.281. The van der Waals surface area contributed by atoms with Crippen LogP contribution in [0.1, 0.15) is 17.2 Å². The Morgan fingerprint density at radius 2 is 1.84 bits per heavy atom. The zero-order chi connectivity index (χ0) is 13.8. The number of hydrogen-bond acceptors (Lipinski definition) is 1. The molecule has 2 aromatic carbocycles. The molecule has 100 valence electrons. The molecule has 0 heterocycles. The number of nitrogens with one attached hydrogen (secondary N) is 1. The zero-order valence-corrected chi connectivity index (χ0v) is 12.0. The summed E-state index contributed by atoms with van der Waals surface area (Å²) in [7, 11) is 1.83. The first-order valence-electron chi connectivity index (χ1n) is 5.97. The van der Waals surface area contributed by atoms with E-state index in [0.29, 0.717) is 10.9 Å². The third-order valence-corrected chi connectivity index (χ3v) is 3.70. The molecule has 4 heteroatoms. The Labute approximate surface area is 119 Å². The number of likely N-dealkylation sites (N-methyl/N-ethyl adjacent to an activating group) is 1. The van der Waals surface area contributed by atoms with E-state index in [2.05, 4.69) is 21.2 Å².